The number of benzene rings is 3. The van der Waals surface area contributed by atoms with Crippen LogP contribution in [0.1, 0.15) is 23.6 Å². The van der Waals surface area contributed by atoms with E-state index < -0.39 is 5.54 Å². The summed E-state index contributed by atoms with van der Waals surface area (Å²) in [6.07, 6.45) is 0. The highest BCUT2D eigenvalue weighted by molar-refractivity contribution is 6.09. The van der Waals surface area contributed by atoms with Crippen LogP contribution in [0.25, 0.3) is 10.8 Å². The van der Waals surface area contributed by atoms with Crippen LogP contribution in [0.2, 0.25) is 0 Å². The molecule has 130 valence electrons. The lowest BCUT2D eigenvalue weighted by Crippen LogP contribution is -2.41. The number of nitrogens with one attached hydrogen (secondary N) is 1. The Hall–Kier alpha value is -3.14. The first kappa shape index (κ1) is 16.3. The SMILES string of the molecule is Cc1ccccc1CN1C(=O)N[C@](C)(c2cccc3ccccc23)C1=O. The van der Waals surface area contributed by atoms with Crippen molar-refractivity contribution in [2.24, 2.45) is 0 Å². The summed E-state index contributed by atoms with van der Waals surface area (Å²) in [7, 11) is 0. The number of rotatable bonds is 3. The van der Waals surface area contributed by atoms with Gasteiger partial charge in [0, 0.05) is 0 Å². The van der Waals surface area contributed by atoms with E-state index in [1.54, 1.807) is 6.92 Å². The summed E-state index contributed by atoms with van der Waals surface area (Å²) in [5.41, 5.74) is 1.78. The van der Waals surface area contributed by atoms with E-state index in [0.29, 0.717) is 0 Å². The van der Waals surface area contributed by atoms with Gasteiger partial charge in [-0.2, -0.15) is 0 Å². The topological polar surface area (TPSA) is 49.4 Å². The third kappa shape index (κ3) is 2.46. The largest absolute Gasteiger partial charge is 0.325 e. The molecule has 3 aromatic rings. The number of urea groups is 1. The maximum absolute atomic E-state index is 13.2. The third-order valence-corrected chi connectivity index (χ3v) is 5.19. The first-order chi connectivity index (χ1) is 12.5. The molecule has 0 aliphatic carbocycles. The highest BCUT2D eigenvalue weighted by atomic mass is 16.2. The van der Waals surface area contributed by atoms with Crippen LogP contribution in [0.5, 0.6) is 0 Å². The Bertz CT molecular complexity index is 1020. The summed E-state index contributed by atoms with van der Waals surface area (Å²) in [5.74, 6) is -0.220. The van der Waals surface area contributed by atoms with Crippen molar-refractivity contribution >= 4 is 22.7 Å². The van der Waals surface area contributed by atoms with Gasteiger partial charge >= 0.3 is 6.03 Å². The van der Waals surface area contributed by atoms with Crippen LogP contribution in [-0.2, 0) is 16.9 Å². The van der Waals surface area contributed by atoms with Crippen molar-refractivity contribution in [3.63, 3.8) is 0 Å². The van der Waals surface area contributed by atoms with E-state index in [0.717, 1.165) is 27.5 Å². The molecule has 1 N–H and O–H groups in total. The highest BCUT2D eigenvalue weighted by Crippen LogP contribution is 2.34. The summed E-state index contributed by atoms with van der Waals surface area (Å²) in [6, 6.07) is 21.2. The minimum Gasteiger partial charge on any atom is -0.319 e. The van der Waals surface area contributed by atoms with Crippen LogP contribution < -0.4 is 5.32 Å². The second-order valence-electron chi connectivity index (χ2n) is 6.90. The van der Waals surface area contributed by atoms with Gasteiger partial charge in [0.05, 0.1) is 6.54 Å². The number of aryl methyl sites for hydroxylation is 1. The summed E-state index contributed by atoms with van der Waals surface area (Å²) in [5, 5.41) is 4.94. The number of carbonyl (C=O) groups is 2. The van der Waals surface area contributed by atoms with Gasteiger partial charge in [0.1, 0.15) is 5.54 Å². The fraction of sp³-hybridized carbons (Fsp3) is 0.182. The lowest BCUT2D eigenvalue weighted by molar-refractivity contribution is -0.131. The van der Waals surface area contributed by atoms with Crippen molar-refractivity contribution < 1.29 is 9.59 Å². The van der Waals surface area contributed by atoms with E-state index in [4.69, 9.17) is 0 Å². The Labute approximate surface area is 152 Å². The lowest BCUT2D eigenvalue weighted by Gasteiger charge is -2.24. The Kier molecular flexibility index (Phi) is 3.76. The number of nitrogens with zero attached hydrogens (tertiary/aromatic N) is 1. The molecule has 0 bridgehead atoms. The quantitative estimate of drug-likeness (QED) is 0.727. The zero-order chi connectivity index (χ0) is 18.3. The Morgan fingerprint density at radius 1 is 0.923 bits per heavy atom. The molecular formula is C22H20N2O2. The summed E-state index contributed by atoms with van der Waals surface area (Å²) in [6.45, 7) is 4.04. The van der Waals surface area contributed by atoms with Crippen molar-refractivity contribution in [3.8, 4) is 0 Å². The van der Waals surface area contributed by atoms with Crippen molar-refractivity contribution in [2.75, 3.05) is 0 Å². The molecule has 4 heteroatoms. The molecule has 3 aromatic carbocycles. The minimum atomic E-state index is -1.07. The number of carbonyl (C=O) groups excluding carboxylic acids is 2. The van der Waals surface area contributed by atoms with E-state index in [2.05, 4.69) is 5.32 Å². The van der Waals surface area contributed by atoms with E-state index in [-0.39, 0.29) is 18.5 Å². The van der Waals surface area contributed by atoms with Crippen LogP contribution in [0.4, 0.5) is 4.79 Å². The first-order valence-corrected chi connectivity index (χ1v) is 8.67. The van der Waals surface area contributed by atoms with Crippen LogP contribution in [0, 0.1) is 6.92 Å². The minimum absolute atomic E-state index is 0.220. The zero-order valence-electron chi connectivity index (χ0n) is 14.8. The van der Waals surface area contributed by atoms with Gasteiger partial charge in [-0.3, -0.25) is 9.69 Å². The second kappa shape index (κ2) is 5.99. The van der Waals surface area contributed by atoms with E-state index in [9.17, 15) is 9.59 Å². The summed E-state index contributed by atoms with van der Waals surface area (Å²) >= 11 is 0. The molecule has 1 aliphatic heterocycles. The Balaban J connectivity index is 1.75. The normalized spacial score (nSPS) is 19.8. The molecule has 0 radical (unpaired) electrons. The predicted octanol–water partition coefficient (Wildman–Crippen LogP) is 4.12. The smallest absolute Gasteiger partial charge is 0.319 e. The van der Waals surface area contributed by atoms with Gasteiger partial charge in [-0.05, 0) is 41.3 Å². The molecule has 1 aliphatic rings. The number of amides is 3. The predicted molar refractivity (Wildman–Crippen MR) is 102 cm³/mol. The van der Waals surface area contributed by atoms with Gasteiger partial charge in [-0.1, -0.05) is 66.7 Å². The molecule has 0 unspecified atom stereocenters. The van der Waals surface area contributed by atoms with Gasteiger partial charge in [-0.15, -0.1) is 0 Å². The average Bonchev–Trinajstić information content (AvgIpc) is 2.87. The summed E-state index contributed by atoms with van der Waals surface area (Å²) in [4.78, 5) is 27.2. The van der Waals surface area contributed by atoms with Crippen LogP contribution >= 0.6 is 0 Å². The van der Waals surface area contributed by atoms with E-state index in [1.165, 1.54) is 4.90 Å². The lowest BCUT2D eigenvalue weighted by atomic mass is 9.87. The fourth-order valence-corrected chi connectivity index (χ4v) is 3.64. The fourth-order valence-electron chi connectivity index (χ4n) is 3.64. The van der Waals surface area contributed by atoms with Gasteiger partial charge in [0.15, 0.2) is 0 Å². The van der Waals surface area contributed by atoms with Crippen LogP contribution in [-0.4, -0.2) is 16.8 Å². The third-order valence-electron chi connectivity index (χ3n) is 5.19. The van der Waals surface area contributed by atoms with Crippen molar-refractivity contribution in [1.82, 2.24) is 10.2 Å². The summed E-state index contributed by atoms with van der Waals surface area (Å²) < 4.78 is 0. The van der Waals surface area contributed by atoms with Gasteiger partial charge in [-0.25, -0.2) is 4.79 Å². The van der Waals surface area contributed by atoms with Gasteiger partial charge < -0.3 is 5.32 Å². The molecule has 1 saturated heterocycles. The molecule has 0 saturated carbocycles. The number of imide groups is 1. The Morgan fingerprint density at radius 2 is 1.62 bits per heavy atom. The standard InChI is InChI=1S/C22H20N2O2/c1-15-8-3-4-10-17(15)14-24-20(25)22(2,23-21(24)26)19-13-7-11-16-9-5-6-12-18(16)19/h3-13H,14H2,1-2H3,(H,23,26)/t22-/m1/s1. The Morgan fingerprint density at radius 3 is 2.42 bits per heavy atom. The molecule has 1 fully saturated rings. The molecule has 1 heterocycles. The molecule has 26 heavy (non-hydrogen) atoms. The van der Waals surface area contributed by atoms with Gasteiger partial charge in [0.2, 0.25) is 0 Å². The zero-order valence-corrected chi connectivity index (χ0v) is 14.8. The monoisotopic (exact) mass is 344 g/mol. The molecule has 0 aromatic heterocycles. The number of hydrogen-bond acceptors (Lipinski definition) is 2. The number of hydrogen-bond donors (Lipinski definition) is 1. The number of fused-ring (bicyclic) bond motifs is 1. The van der Waals surface area contributed by atoms with Crippen molar-refractivity contribution in [2.45, 2.75) is 25.9 Å². The molecule has 4 nitrogen and oxygen atoms in total. The molecule has 0 spiro atoms. The average molecular weight is 344 g/mol. The second-order valence-corrected chi connectivity index (χ2v) is 6.90. The van der Waals surface area contributed by atoms with Gasteiger partial charge in [0.25, 0.3) is 5.91 Å². The molecular weight excluding hydrogens is 324 g/mol. The van der Waals surface area contributed by atoms with E-state index in [1.807, 2.05) is 73.7 Å². The highest BCUT2D eigenvalue weighted by Gasteiger charge is 2.49. The van der Waals surface area contributed by atoms with E-state index >= 15 is 0 Å². The maximum Gasteiger partial charge on any atom is 0.325 e. The van der Waals surface area contributed by atoms with Crippen molar-refractivity contribution in [3.05, 3.63) is 83.4 Å². The molecule has 1 atom stereocenters. The maximum atomic E-state index is 13.2. The first-order valence-electron chi connectivity index (χ1n) is 8.67. The van der Waals surface area contributed by atoms with Crippen molar-refractivity contribution in [1.29, 1.82) is 0 Å². The van der Waals surface area contributed by atoms with Crippen LogP contribution in [0.3, 0.4) is 0 Å². The molecule has 4 rings (SSSR count). The van der Waals surface area contributed by atoms with Crippen LogP contribution in [0.15, 0.2) is 66.7 Å². The molecule has 3 amide bonds.